The highest BCUT2D eigenvalue weighted by Crippen LogP contribution is 2.25. The van der Waals surface area contributed by atoms with Gasteiger partial charge in [0, 0.05) is 38.0 Å². The maximum Gasteiger partial charge on any atom is 0.333 e. The SMILES string of the molecule is C[C@@H]1O[C@@H](OCCNC(=O)CN(CC(=O)NCCCCCC(=O)ON2C(=O)CCC2=O)CC(=O)N/C(=C\CO[C@H]2O[C@H](CO)[C@@H](O)[C@H](O)[C@@H]2O)CO[C@H]2O[C@H](CO)[C@@H](O)[C@H](O)[C@@H]2O)[C@@H](O)[C@H](O)[C@@H]1O. The predicted molar refractivity (Wildman–Crippen MR) is 222 cm³/mol. The van der Waals surface area contributed by atoms with Crippen LogP contribution in [0.4, 0.5) is 0 Å². The summed E-state index contributed by atoms with van der Waals surface area (Å²) >= 11 is 0. The first-order valence-electron chi connectivity index (χ1n) is 22.2. The van der Waals surface area contributed by atoms with Gasteiger partial charge in [-0.15, -0.1) is 5.06 Å². The van der Waals surface area contributed by atoms with Gasteiger partial charge in [-0.1, -0.05) is 6.42 Å². The van der Waals surface area contributed by atoms with E-state index in [0.717, 1.165) is 4.90 Å². The smallest absolute Gasteiger partial charge is 0.333 e. The Kier molecular flexibility index (Phi) is 23.5. The normalized spacial score (nSPS) is 33.1. The lowest BCUT2D eigenvalue weighted by Crippen LogP contribution is -2.59. The molecule has 0 aliphatic carbocycles. The van der Waals surface area contributed by atoms with E-state index in [9.17, 15) is 84.9 Å². The van der Waals surface area contributed by atoms with Gasteiger partial charge in [0.15, 0.2) is 18.9 Å². The average molecular weight is 1000 g/mol. The average Bonchev–Trinajstić information content (AvgIpc) is 3.63. The summed E-state index contributed by atoms with van der Waals surface area (Å²) in [5, 5.41) is 119. The van der Waals surface area contributed by atoms with E-state index in [0.29, 0.717) is 17.9 Å². The fourth-order valence-electron chi connectivity index (χ4n) is 7.20. The van der Waals surface area contributed by atoms with Gasteiger partial charge in [-0.2, -0.15) is 0 Å². The topological polar surface area (TPSA) is 432 Å². The molecule has 0 aromatic carbocycles. The summed E-state index contributed by atoms with van der Waals surface area (Å²) < 4.78 is 32.6. The van der Waals surface area contributed by atoms with E-state index in [-0.39, 0.29) is 51.1 Å². The molecule has 0 aromatic heterocycles. The lowest BCUT2D eigenvalue weighted by atomic mass is 9.99. The number of imide groups is 1. The molecule has 69 heavy (non-hydrogen) atoms. The van der Waals surface area contributed by atoms with Gasteiger partial charge in [0.1, 0.15) is 67.1 Å². The van der Waals surface area contributed by atoms with E-state index in [1.165, 1.54) is 13.0 Å². The molecule has 4 aliphatic rings. The number of unbranched alkanes of at least 4 members (excludes halogenated alkanes) is 2. The number of carbonyl (C=O) groups is 6. The zero-order valence-electron chi connectivity index (χ0n) is 37.7. The molecule has 15 atom stereocenters. The monoisotopic (exact) mass is 999 g/mol. The van der Waals surface area contributed by atoms with Crippen molar-refractivity contribution in [2.24, 2.45) is 0 Å². The van der Waals surface area contributed by atoms with Crippen molar-refractivity contribution in [2.45, 2.75) is 138 Å². The molecule has 4 heterocycles. The lowest BCUT2D eigenvalue weighted by Gasteiger charge is -2.39. The van der Waals surface area contributed by atoms with Gasteiger partial charge >= 0.3 is 5.97 Å². The van der Waals surface area contributed by atoms with Crippen molar-refractivity contribution >= 4 is 35.5 Å². The summed E-state index contributed by atoms with van der Waals surface area (Å²) in [5.41, 5.74) is -0.158. The van der Waals surface area contributed by atoms with Crippen LogP contribution in [0.5, 0.6) is 0 Å². The highest BCUT2D eigenvalue weighted by atomic mass is 16.7. The molecule has 0 radical (unpaired) electrons. The van der Waals surface area contributed by atoms with Crippen molar-refractivity contribution in [1.29, 1.82) is 0 Å². The number of rotatable bonds is 26. The number of hydrogen-bond donors (Lipinski definition) is 14. The number of amides is 5. The Hall–Kier alpha value is -3.96. The van der Waals surface area contributed by atoms with Crippen LogP contribution in [0.1, 0.15) is 45.4 Å². The minimum absolute atomic E-state index is 0.0530. The first-order chi connectivity index (χ1) is 32.7. The molecule has 4 fully saturated rings. The van der Waals surface area contributed by atoms with Crippen molar-refractivity contribution in [3.8, 4) is 0 Å². The molecule has 0 unspecified atom stereocenters. The molecule has 0 bridgehead atoms. The number of ether oxygens (including phenoxy) is 6. The van der Waals surface area contributed by atoms with Crippen LogP contribution in [0.15, 0.2) is 11.8 Å². The Morgan fingerprint density at radius 3 is 1.71 bits per heavy atom. The molecule has 29 nitrogen and oxygen atoms in total. The van der Waals surface area contributed by atoms with Crippen LogP contribution in [0.2, 0.25) is 0 Å². The quantitative estimate of drug-likeness (QED) is 0.0283. The Balaban J connectivity index is 1.38. The largest absolute Gasteiger partial charge is 0.394 e. The number of aliphatic hydroxyl groups is 11. The molecule has 0 aromatic rings. The molecule has 0 saturated carbocycles. The van der Waals surface area contributed by atoms with Gasteiger partial charge < -0.3 is 105 Å². The van der Waals surface area contributed by atoms with Gasteiger partial charge in [0.05, 0.1) is 58.8 Å². The molecule has 14 N–H and O–H groups in total. The van der Waals surface area contributed by atoms with Crippen molar-refractivity contribution in [3.05, 3.63) is 11.8 Å². The standard InChI is InChI=1S/C40H65N5O24/c1-19-29(54)32(57)35(60)38(66-19)64-12-10-42-24(49)14-44(13-23(48)41-9-4-2-3-5-28(53)69-45-26(51)6-7-27(45)52)15-25(50)43-20(18-65-40-37(62)34(59)31(56)22(17-47)68-40)8-11-63-39-36(61)33(58)30(55)21(16-46)67-39/h8,19,21-22,29-40,46-47,54-62H,2-7,9-18H2,1H3,(H,41,48)(H,42,49)(H,43,50)/b20-8-/t19-,21+,22+,29+,30+,31+,32+,33-,34-,35-,36-,37-,38+,39-,40-/m0/s1. The Labute approximate surface area is 394 Å². The first-order valence-corrected chi connectivity index (χ1v) is 22.2. The molecule has 4 rings (SSSR count). The second-order valence-electron chi connectivity index (χ2n) is 16.6. The van der Waals surface area contributed by atoms with E-state index in [2.05, 4.69) is 16.0 Å². The second-order valence-corrected chi connectivity index (χ2v) is 16.6. The van der Waals surface area contributed by atoms with Gasteiger partial charge in [0.2, 0.25) is 17.7 Å². The van der Waals surface area contributed by atoms with Crippen molar-refractivity contribution in [1.82, 2.24) is 25.9 Å². The molecule has 29 heteroatoms. The van der Waals surface area contributed by atoms with Crippen molar-refractivity contribution in [3.63, 3.8) is 0 Å². The van der Waals surface area contributed by atoms with Gasteiger partial charge in [-0.3, -0.25) is 28.9 Å². The Morgan fingerprint density at radius 1 is 0.638 bits per heavy atom. The van der Waals surface area contributed by atoms with Crippen LogP contribution >= 0.6 is 0 Å². The number of aliphatic hydroxyl groups excluding tert-OH is 11. The van der Waals surface area contributed by atoms with Crippen LogP contribution in [0, 0.1) is 0 Å². The number of nitrogens with one attached hydrogen (secondary N) is 3. The van der Waals surface area contributed by atoms with Gasteiger partial charge in [0.25, 0.3) is 11.8 Å². The molecule has 5 amide bonds. The summed E-state index contributed by atoms with van der Waals surface area (Å²) in [6, 6.07) is 0. The summed E-state index contributed by atoms with van der Waals surface area (Å²) in [4.78, 5) is 81.3. The maximum atomic E-state index is 13.6. The summed E-state index contributed by atoms with van der Waals surface area (Å²) in [6.45, 7) is -3.35. The minimum Gasteiger partial charge on any atom is -0.394 e. The van der Waals surface area contributed by atoms with Crippen molar-refractivity contribution < 1.29 is 118 Å². The molecule has 0 spiro atoms. The number of nitrogens with zero attached hydrogens (tertiary/aromatic N) is 2. The molecule has 394 valence electrons. The summed E-state index contributed by atoms with van der Waals surface area (Å²) in [6.07, 6.45) is -21.3. The Morgan fingerprint density at radius 2 is 1.14 bits per heavy atom. The molecular formula is C40H65N5O24. The van der Waals surface area contributed by atoms with Gasteiger partial charge in [-0.25, -0.2) is 4.79 Å². The predicted octanol–water partition coefficient (Wildman–Crippen LogP) is -8.83. The molecule has 4 aliphatic heterocycles. The van der Waals surface area contributed by atoms with Gasteiger partial charge in [-0.05, 0) is 25.8 Å². The second kappa shape index (κ2) is 28.2. The van der Waals surface area contributed by atoms with E-state index < -0.39 is 174 Å². The van der Waals surface area contributed by atoms with E-state index >= 15 is 0 Å². The van der Waals surface area contributed by atoms with Crippen molar-refractivity contribution in [2.75, 3.05) is 65.8 Å². The number of carbonyl (C=O) groups excluding carboxylic acids is 6. The van der Waals surface area contributed by atoms with Crippen LogP contribution in [0.3, 0.4) is 0 Å². The minimum atomic E-state index is -1.85. The lowest BCUT2D eigenvalue weighted by molar-refractivity contribution is -0.299. The first kappa shape index (κ1) is 57.6. The fourth-order valence-corrected chi connectivity index (χ4v) is 7.20. The third-order valence-corrected chi connectivity index (χ3v) is 11.2. The van der Waals surface area contributed by atoms with Crippen LogP contribution in [-0.4, -0.2) is 260 Å². The van der Waals surface area contributed by atoms with E-state index in [1.807, 2.05) is 0 Å². The zero-order valence-corrected chi connectivity index (χ0v) is 37.7. The summed E-state index contributed by atoms with van der Waals surface area (Å²) in [5.74, 6) is -4.25. The third kappa shape index (κ3) is 17.1. The molecular weight excluding hydrogens is 934 g/mol. The van der Waals surface area contributed by atoms with Crippen LogP contribution in [-0.2, 0) is 62.0 Å². The zero-order chi connectivity index (χ0) is 50.9. The third-order valence-electron chi connectivity index (χ3n) is 11.2. The Bertz CT molecular complexity index is 1710. The van der Waals surface area contributed by atoms with Crippen LogP contribution in [0.25, 0.3) is 0 Å². The van der Waals surface area contributed by atoms with Crippen LogP contribution < -0.4 is 16.0 Å². The highest BCUT2D eigenvalue weighted by molar-refractivity contribution is 6.01. The molecule has 4 saturated heterocycles. The number of hydrogen-bond acceptors (Lipinski definition) is 25. The van der Waals surface area contributed by atoms with E-state index in [4.69, 9.17) is 33.3 Å². The number of hydroxylamine groups is 2. The maximum absolute atomic E-state index is 13.6. The summed E-state index contributed by atoms with van der Waals surface area (Å²) in [7, 11) is 0. The fraction of sp³-hybridized carbons (Fsp3) is 0.800. The highest BCUT2D eigenvalue weighted by Gasteiger charge is 2.46. The van der Waals surface area contributed by atoms with E-state index in [1.54, 1.807) is 0 Å².